The Bertz CT molecular complexity index is 523. The maximum absolute atomic E-state index is 12.4. The highest BCUT2D eigenvalue weighted by atomic mass is 79.9. The van der Waals surface area contributed by atoms with Gasteiger partial charge in [0, 0.05) is 16.4 Å². The zero-order chi connectivity index (χ0) is 14.1. The normalized spacial score (nSPS) is 27.6. The number of benzene rings is 1. The third kappa shape index (κ3) is 3.61. The highest BCUT2D eigenvalue weighted by Crippen LogP contribution is 2.35. The van der Waals surface area contributed by atoms with E-state index in [0.29, 0.717) is 6.04 Å². The lowest BCUT2D eigenvalue weighted by Crippen LogP contribution is -2.43. The molecule has 116 valence electrons. The minimum atomic E-state index is 0. The van der Waals surface area contributed by atoms with Crippen LogP contribution in [0.1, 0.15) is 43.4 Å². The average molecular weight is 374 g/mol. The molecule has 5 heteroatoms. The second-order valence-corrected chi connectivity index (χ2v) is 6.84. The van der Waals surface area contributed by atoms with Crippen LogP contribution in [-0.4, -0.2) is 18.5 Å². The average Bonchev–Trinajstić information content (AvgIpc) is 2.83. The fourth-order valence-corrected chi connectivity index (χ4v) is 4.00. The summed E-state index contributed by atoms with van der Waals surface area (Å²) in [5.41, 5.74) is 2.64. The number of rotatable bonds is 2. The number of halogens is 2. The fraction of sp³-hybridized carbons (Fsp3) is 0.562. The summed E-state index contributed by atoms with van der Waals surface area (Å²) >= 11 is 3.60. The number of carbonyl (C=O) groups is 1. The Morgan fingerprint density at radius 2 is 2.19 bits per heavy atom. The van der Waals surface area contributed by atoms with E-state index in [1.165, 1.54) is 15.6 Å². The van der Waals surface area contributed by atoms with Crippen molar-refractivity contribution in [1.29, 1.82) is 0 Å². The predicted molar refractivity (Wildman–Crippen MR) is 90.8 cm³/mol. The van der Waals surface area contributed by atoms with E-state index in [2.05, 4.69) is 51.7 Å². The van der Waals surface area contributed by atoms with Crippen LogP contribution >= 0.6 is 28.3 Å². The van der Waals surface area contributed by atoms with E-state index in [0.717, 1.165) is 32.2 Å². The van der Waals surface area contributed by atoms with Gasteiger partial charge in [0.25, 0.3) is 0 Å². The molecule has 1 aromatic carbocycles. The van der Waals surface area contributed by atoms with E-state index in [4.69, 9.17) is 0 Å². The molecule has 1 amide bonds. The number of piperidine rings is 1. The van der Waals surface area contributed by atoms with Crippen LogP contribution < -0.4 is 10.6 Å². The smallest absolute Gasteiger partial charge is 0.223 e. The van der Waals surface area contributed by atoms with Crippen molar-refractivity contribution in [3.05, 3.63) is 33.8 Å². The SMILES string of the molecule is C[C@H]1C[C@@H](C(=O)NC2CCc3c(Br)cccc32)CCN1.Cl. The fourth-order valence-electron chi connectivity index (χ4n) is 3.42. The third-order valence-corrected chi connectivity index (χ3v) is 5.27. The molecule has 1 saturated heterocycles. The number of nitrogens with one attached hydrogen (secondary N) is 2. The number of fused-ring (bicyclic) bond motifs is 1. The summed E-state index contributed by atoms with van der Waals surface area (Å²) in [6.07, 6.45) is 3.96. The van der Waals surface area contributed by atoms with Crippen molar-refractivity contribution in [3.8, 4) is 0 Å². The van der Waals surface area contributed by atoms with Gasteiger partial charge < -0.3 is 10.6 Å². The molecule has 0 radical (unpaired) electrons. The van der Waals surface area contributed by atoms with Gasteiger partial charge in [0.15, 0.2) is 0 Å². The molecule has 21 heavy (non-hydrogen) atoms. The molecular formula is C16H22BrClN2O. The Morgan fingerprint density at radius 1 is 1.38 bits per heavy atom. The van der Waals surface area contributed by atoms with Gasteiger partial charge in [-0.25, -0.2) is 0 Å². The summed E-state index contributed by atoms with van der Waals surface area (Å²) in [5.74, 6) is 0.402. The van der Waals surface area contributed by atoms with Gasteiger partial charge in [-0.1, -0.05) is 28.1 Å². The zero-order valence-electron chi connectivity index (χ0n) is 12.2. The molecular weight excluding hydrogens is 352 g/mol. The lowest BCUT2D eigenvalue weighted by atomic mass is 9.92. The first-order valence-electron chi connectivity index (χ1n) is 7.46. The van der Waals surface area contributed by atoms with Crippen molar-refractivity contribution in [3.63, 3.8) is 0 Å². The van der Waals surface area contributed by atoms with Crippen LogP contribution in [0.5, 0.6) is 0 Å². The van der Waals surface area contributed by atoms with Crippen molar-refractivity contribution >= 4 is 34.2 Å². The third-order valence-electron chi connectivity index (χ3n) is 4.52. The molecule has 0 bridgehead atoms. The molecule has 1 unspecified atom stereocenters. The van der Waals surface area contributed by atoms with Crippen molar-refractivity contribution in [2.45, 2.75) is 44.7 Å². The van der Waals surface area contributed by atoms with Crippen LogP contribution in [0.2, 0.25) is 0 Å². The van der Waals surface area contributed by atoms with Crippen molar-refractivity contribution in [2.24, 2.45) is 5.92 Å². The molecule has 1 heterocycles. The van der Waals surface area contributed by atoms with E-state index < -0.39 is 0 Å². The predicted octanol–water partition coefficient (Wildman–Crippen LogP) is 3.36. The van der Waals surface area contributed by atoms with Crippen LogP contribution in [0.3, 0.4) is 0 Å². The maximum Gasteiger partial charge on any atom is 0.223 e. The highest BCUT2D eigenvalue weighted by Gasteiger charge is 2.29. The first-order valence-corrected chi connectivity index (χ1v) is 8.25. The van der Waals surface area contributed by atoms with E-state index in [1.54, 1.807) is 0 Å². The van der Waals surface area contributed by atoms with Crippen LogP contribution in [0.4, 0.5) is 0 Å². The van der Waals surface area contributed by atoms with Gasteiger partial charge in [0.1, 0.15) is 0 Å². The Kier molecular flexibility index (Phi) is 5.69. The van der Waals surface area contributed by atoms with Crippen LogP contribution in [0, 0.1) is 5.92 Å². The number of hydrogen-bond donors (Lipinski definition) is 2. The Morgan fingerprint density at radius 3 is 2.95 bits per heavy atom. The van der Waals surface area contributed by atoms with Crippen LogP contribution in [0.25, 0.3) is 0 Å². The summed E-state index contributed by atoms with van der Waals surface area (Å²) < 4.78 is 1.17. The first-order chi connectivity index (χ1) is 9.65. The summed E-state index contributed by atoms with van der Waals surface area (Å²) in [6.45, 7) is 3.10. The molecule has 0 aromatic heterocycles. The van der Waals surface area contributed by atoms with Crippen molar-refractivity contribution < 1.29 is 4.79 Å². The quantitative estimate of drug-likeness (QED) is 0.834. The minimum absolute atomic E-state index is 0. The molecule has 1 aliphatic heterocycles. The Hall–Kier alpha value is -0.580. The van der Waals surface area contributed by atoms with Gasteiger partial charge in [-0.3, -0.25) is 4.79 Å². The van der Waals surface area contributed by atoms with E-state index in [1.807, 2.05) is 0 Å². The molecule has 2 aliphatic rings. The lowest BCUT2D eigenvalue weighted by Gasteiger charge is -2.28. The van der Waals surface area contributed by atoms with Crippen molar-refractivity contribution in [2.75, 3.05) is 6.54 Å². The van der Waals surface area contributed by atoms with Gasteiger partial charge in [0.05, 0.1) is 6.04 Å². The largest absolute Gasteiger partial charge is 0.349 e. The first kappa shape index (κ1) is 16.8. The van der Waals surface area contributed by atoms with Gasteiger partial charge in [-0.05, 0) is 56.3 Å². The second-order valence-electron chi connectivity index (χ2n) is 5.98. The summed E-state index contributed by atoms with van der Waals surface area (Å²) in [7, 11) is 0. The van der Waals surface area contributed by atoms with Crippen LogP contribution in [-0.2, 0) is 11.2 Å². The van der Waals surface area contributed by atoms with Crippen LogP contribution in [0.15, 0.2) is 22.7 Å². The summed E-state index contributed by atoms with van der Waals surface area (Å²) in [6, 6.07) is 6.92. The van der Waals surface area contributed by atoms with Gasteiger partial charge >= 0.3 is 0 Å². The van der Waals surface area contributed by atoms with E-state index in [9.17, 15) is 4.79 Å². The second kappa shape index (κ2) is 7.12. The molecule has 1 aliphatic carbocycles. The monoisotopic (exact) mass is 372 g/mol. The number of carbonyl (C=O) groups excluding carboxylic acids is 1. The number of amides is 1. The van der Waals surface area contributed by atoms with Gasteiger partial charge in [-0.2, -0.15) is 0 Å². The summed E-state index contributed by atoms with van der Waals surface area (Å²) in [4.78, 5) is 12.4. The standard InChI is InChI=1S/C16H21BrN2O.ClH/c1-10-9-11(7-8-18-10)16(20)19-15-6-5-12-13(15)3-2-4-14(12)17;/h2-4,10-11,15,18H,5-9H2,1H3,(H,19,20);1H/t10-,11-,15?;/m0./s1. The van der Waals surface area contributed by atoms with Gasteiger partial charge in [-0.15, -0.1) is 12.4 Å². The molecule has 3 rings (SSSR count). The topological polar surface area (TPSA) is 41.1 Å². The molecule has 3 atom stereocenters. The molecule has 1 fully saturated rings. The molecule has 0 spiro atoms. The molecule has 1 aromatic rings. The number of hydrogen-bond acceptors (Lipinski definition) is 2. The van der Waals surface area contributed by atoms with E-state index in [-0.39, 0.29) is 30.3 Å². The Balaban J connectivity index is 0.00000161. The molecule has 3 nitrogen and oxygen atoms in total. The molecule has 2 N–H and O–H groups in total. The lowest BCUT2D eigenvalue weighted by molar-refractivity contribution is -0.126. The van der Waals surface area contributed by atoms with Crippen molar-refractivity contribution in [1.82, 2.24) is 10.6 Å². The Labute approximate surface area is 140 Å². The zero-order valence-corrected chi connectivity index (χ0v) is 14.6. The van der Waals surface area contributed by atoms with E-state index >= 15 is 0 Å². The van der Waals surface area contributed by atoms with Gasteiger partial charge in [0.2, 0.25) is 5.91 Å². The summed E-state index contributed by atoms with van der Waals surface area (Å²) in [5, 5.41) is 6.66. The maximum atomic E-state index is 12.4. The molecule has 0 saturated carbocycles. The minimum Gasteiger partial charge on any atom is -0.349 e. The highest BCUT2D eigenvalue weighted by molar-refractivity contribution is 9.10.